The molecule has 0 aliphatic carbocycles. The molecule has 198 valence electrons. The fourth-order valence-electron chi connectivity index (χ4n) is 5.12. The summed E-state index contributed by atoms with van der Waals surface area (Å²) in [6, 6.07) is 1.15. The van der Waals surface area contributed by atoms with Crippen LogP contribution in [0.25, 0.3) is 22.3 Å². The van der Waals surface area contributed by atoms with Gasteiger partial charge in [0, 0.05) is 31.2 Å². The highest BCUT2D eigenvalue weighted by atomic mass is 35.5. The van der Waals surface area contributed by atoms with E-state index in [0.717, 1.165) is 5.56 Å². The molecule has 10 nitrogen and oxygen atoms in total. The zero-order chi connectivity index (χ0) is 26.3. The Kier molecular flexibility index (Phi) is 7.19. The maximum absolute atomic E-state index is 15.5. The van der Waals surface area contributed by atoms with Crippen LogP contribution in [0.4, 0.5) is 15.1 Å². The first-order valence-corrected chi connectivity index (χ1v) is 12.7. The van der Waals surface area contributed by atoms with E-state index in [1.807, 2.05) is 13.8 Å². The molecule has 12 heteroatoms. The SMILES string of the molecule is COC(=O)N1CC[C@@H](c2nc3c(F)cc(-c4nc(N[C@@H]5CCOC[C@H]5O)ncc4Cl)c(C(C)C)c3[nH]2)C1. The third-order valence-electron chi connectivity index (χ3n) is 7.00. The molecule has 0 radical (unpaired) electrons. The summed E-state index contributed by atoms with van der Waals surface area (Å²) in [5, 5.41) is 13.7. The molecule has 1 amide bonds. The summed E-state index contributed by atoms with van der Waals surface area (Å²) >= 11 is 6.53. The number of methoxy groups -OCH3 is 1. The van der Waals surface area contributed by atoms with Gasteiger partial charge in [-0.05, 0) is 30.4 Å². The number of benzene rings is 1. The van der Waals surface area contributed by atoms with Crippen molar-refractivity contribution in [2.24, 2.45) is 0 Å². The first kappa shape index (κ1) is 25.6. The van der Waals surface area contributed by atoms with Crippen LogP contribution < -0.4 is 5.32 Å². The van der Waals surface area contributed by atoms with Crippen LogP contribution in [0.3, 0.4) is 0 Å². The number of nitrogens with zero attached hydrogens (tertiary/aromatic N) is 4. The van der Waals surface area contributed by atoms with Gasteiger partial charge in [0.15, 0.2) is 5.82 Å². The van der Waals surface area contributed by atoms with Crippen LogP contribution in [0.15, 0.2) is 12.3 Å². The smallest absolute Gasteiger partial charge is 0.409 e. The number of carbonyl (C=O) groups excluding carboxylic acids is 1. The van der Waals surface area contributed by atoms with Gasteiger partial charge in [0.2, 0.25) is 5.95 Å². The van der Waals surface area contributed by atoms with E-state index < -0.39 is 11.9 Å². The lowest BCUT2D eigenvalue weighted by atomic mass is 9.93. The molecular weight excluding hydrogens is 503 g/mol. The molecule has 2 aromatic heterocycles. The molecule has 5 rings (SSSR count). The van der Waals surface area contributed by atoms with Crippen molar-refractivity contribution < 1.29 is 23.8 Å². The number of amides is 1. The molecule has 0 saturated carbocycles. The van der Waals surface area contributed by atoms with Crippen LogP contribution in [0, 0.1) is 5.82 Å². The Bertz CT molecular complexity index is 1320. The lowest BCUT2D eigenvalue weighted by molar-refractivity contribution is -0.0136. The summed E-state index contributed by atoms with van der Waals surface area (Å²) < 4.78 is 25.6. The number of fused-ring (bicyclic) bond motifs is 1. The molecule has 3 N–H and O–H groups in total. The van der Waals surface area contributed by atoms with Gasteiger partial charge in [0.05, 0.1) is 48.3 Å². The number of H-pyrrole nitrogens is 1. The highest BCUT2D eigenvalue weighted by Gasteiger charge is 2.31. The summed E-state index contributed by atoms with van der Waals surface area (Å²) in [5.74, 6) is 0.354. The number of anilines is 1. The Morgan fingerprint density at radius 3 is 2.92 bits per heavy atom. The molecule has 0 bridgehead atoms. The predicted molar refractivity (Wildman–Crippen MR) is 136 cm³/mol. The molecular formula is C25H30ClFN6O4. The topological polar surface area (TPSA) is 125 Å². The lowest BCUT2D eigenvalue weighted by Gasteiger charge is -2.28. The predicted octanol–water partition coefficient (Wildman–Crippen LogP) is 4.05. The first-order chi connectivity index (χ1) is 17.8. The average Bonchev–Trinajstić information content (AvgIpc) is 3.54. The Morgan fingerprint density at radius 1 is 1.38 bits per heavy atom. The van der Waals surface area contributed by atoms with Crippen molar-refractivity contribution in [3.63, 3.8) is 0 Å². The highest BCUT2D eigenvalue weighted by molar-refractivity contribution is 6.33. The van der Waals surface area contributed by atoms with Gasteiger partial charge < -0.3 is 29.8 Å². The third kappa shape index (κ3) is 4.95. The number of aliphatic hydroxyl groups excluding tert-OH is 1. The normalized spacial score (nSPS) is 22.1. The van der Waals surface area contributed by atoms with Gasteiger partial charge in [0.25, 0.3) is 0 Å². The molecule has 0 spiro atoms. The molecule has 3 atom stereocenters. The van der Waals surface area contributed by atoms with E-state index in [4.69, 9.17) is 21.1 Å². The number of rotatable bonds is 5. The zero-order valence-corrected chi connectivity index (χ0v) is 21.7. The van der Waals surface area contributed by atoms with E-state index in [9.17, 15) is 9.90 Å². The quantitative estimate of drug-likeness (QED) is 0.449. The zero-order valence-electron chi connectivity index (χ0n) is 20.9. The van der Waals surface area contributed by atoms with Crippen LogP contribution >= 0.6 is 11.6 Å². The summed E-state index contributed by atoms with van der Waals surface area (Å²) in [6.45, 7) is 5.78. The van der Waals surface area contributed by atoms with Gasteiger partial charge in [-0.1, -0.05) is 25.4 Å². The second-order valence-corrected chi connectivity index (χ2v) is 10.2. The van der Waals surface area contributed by atoms with Crippen LogP contribution in [0.5, 0.6) is 0 Å². The summed E-state index contributed by atoms with van der Waals surface area (Å²) in [6.07, 6.45) is 1.70. The van der Waals surface area contributed by atoms with Crippen molar-refractivity contribution in [2.75, 3.05) is 38.7 Å². The van der Waals surface area contributed by atoms with E-state index in [2.05, 4.69) is 25.3 Å². The summed E-state index contributed by atoms with van der Waals surface area (Å²) in [5.41, 5.74) is 2.59. The second kappa shape index (κ2) is 10.4. The number of ether oxygens (including phenoxy) is 2. The molecule has 2 aliphatic rings. The van der Waals surface area contributed by atoms with Crippen LogP contribution in [-0.4, -0.2) is 81.6 Å². The largest absolute Gasteiger partial charge is 0.453 e. The van der Waals surface area contributed by atoms with Gasteiger partial charge in [-0.25, -0.2) is 24.1 Å². The van der Waals surface area contributed by atoms with Gasteiger partial charge in [-0.15, -0.1) is 0 Å². The Hall–Kier alpha value is -3.02. The number of hydrogen-bond acceptors (Lipinski definition) is 8. The fourth-order valence-corrected chi connectivity index (χ4v) is 5.31. The average molecular weight is 533 g/mol. The number of carbonyl (C=O) groups is 1. The van der Waals surface area contributed by atoms with Crippen molar-refractivity contribution in [1.82, 2.24) is 24.8 Å². The van der Waals surface area contributed by atoms with E-state index in [-0.39, 0.29) is 41.1 Å². The highest BCUT2D eigenvalue weighted by Crippen LogP contribution is 2.39. The molecule has 2 aliphatic heterocycles. The minimum absolute atomic E-state index is 0.0127. The van der Waals surface area contributed by atoms with Gasteiger partial charge in [0.1, 0.15) is 11.3 Å². The van der Waals surface area contributed by atoms with E-state index in [1.54, 1.807) is 4.90 Å². The number of halogens is 2. The molecule has 2 fully saturated rings. The summed E-state index contributed by atoms with van der Waals surface area (Å²) in [4.78, 5) is 30.4. The number of likely N-dealkylation sites (tertiary alicyclic amines) is 1. The molecule has 0 unspecified atom stereocenters. The van der Waals surface area contributed by atoms with Crippen LogP contribution in [-0.2, 0) is 9.47 Å². The number of nitrogens with one attached hydrogen (secondary N) is 2. The molecule has 2 saturated heterocycles. The third-order valence-corrected chi connectivity index (χ3v) is 7.28. The second-order valence-electron chi connectivity index (χ2n) is 9.79. The molecule has 3 aromatic rings. The maximum atomic E-state index is 15.5. The number of aromatic nitrogens is 4. The minimum Gasteiger partial charge on any atom is -0.453 e. The van der Waals surface area contributed by atoms with Crippen LogP contribution in [0.1, 0.15) is 49.9 Å². The summed E-state index contributed by atoms with van der Waals surface area (Å²) in [7, 11) is 1.35. The van der Waals surface area contributed by atoms with E-state index in [1.165, 1.54) is 19.4 Å². The van der Waals surface area contributed by atoms with E-state index >= 15 is 4.39 Å². The van der Waals surface area contributed by atoms with Crippen molar-refractivity contribution in [3.8, 4) is 11.3 Å². The Labute approximate surface area is 218 Å². The minimum atomic E-state index is -0.689. The molecule has 1 aromatic carbocycles. The van der Waals surface area contributed by atoms with Gasteiger partial charge in [-0.3, -0.25) is 0 Å². The number of aliphatic hydroxyl groups is 1. The van der Waals surface area contributed by atoms with Gasteiger partial charge >= 0.3 is 6.09 Å². The maximum Gasteiger partial charge on any atom is 0.409 e. The van der Waals surface area contributed by atoms with E-state index in [0.29, 0.717) is 61.1 Å². The Balaban J connectivity index is 1.54. The Morgan fingerprint density at radius 2 is 2.19 bits per heavy atom. The van der Waals surface area contributed by atoms with Crippen molar-refractivity contribution in [1.29, 1.82) is 0 Å². The first-order valence-electron chi connectivity index (χ1n) is 12.4. The molecule has 37 heavy (non-hydrogen) atoms. The van der Waals surface area contributed by atoms with Gasteiger partial charge in [-0.2, -0.15) is 0 Å². The fraction of sp³-hybridized carbons (Fsp3) is 0.520. The van der Waals surface area contributed by atoms with Crippen molar-refractivity contribution in [2.45, 2.75) is 50.7 Å². The standard InChI is InChI=1S/C25H30ClFN6O4/c1-12(2)19-14(20-15(26)9-28-24(32-20)29-17-5-7-37-11-18(17)34)8-16(27)21-22(19)31-23(30-21)13-4-6-33(10-13)25(35)36-3/h8-9,12-13,17-18,34H,4-7,10-11H2,1-3H3,(H,30,31)(H,28,29,32)/t13-,17-,18-/m1/s1. The number of aromatic amines is 1. The van der Waals surface area contributed by atoms with Crippen molar-refractivity contribution in [3.05, 3.63) is 34.5 Å². The molecule has 4 heterocycles. The lowest BCUT2D eigenvalue weighted by Crippen LogP contribution is -2.42. The number of imidazole rings is 1. The van der Waals surface area contributed by atoms with Crippen LogP contribution in [0.2, 0.25) is 5.02 Å². The monoisotopic (exact) mass is 532 g/mol. The van der Waals surface area contributed by atoms with Crippen molar-refractivity contribution >= 4 is 34.7 Å². The number of hydrogen-bond donors (Lipinski definition) is 3.